The molecule has 13 amide bonds. The van der Waals surface area contributed by atoms with Crippen LogP contribution in [0.15, 0.2) is 97.6 Å². The number of aliphatic carboxylic acids is 3. The molecule has 1 aliphatic rings. The van der Waals surface area contributed by atoms with E-state index in [4.69, 9.17) is 37.6 Å². The predicted molar refractivity (Wildman–Crippen MR) is 446 cm³/mol. The highest BCUT2D eigenvalue weighted by Crippen LogP contribution is 2.23. The van der Waals surface area contributed by atoms with E-state index in [0.29, 0.717) is 46.9 Å². The Morgan fingerprint density at radius 3 is 1.63 bits per heavy atom. The molecule has 0 spiro atoms. The minimum atomic E-state index is -1.80. The minimum absolute atomic E-state index is 0.0139. The zero-order valence-electron chi connectivity index (χ0n) is 68.5. The molecular weight excluding hydrogens is 1630 g/mol. The molecule has 0 bridgehead atoms. The number of para-hydroxylation sites is 1. The maximum absolute atomic E-state index is 15.2. The van der Waals surface area contributed by atoms with Crippen molar-refractivity contribution >= 4 is 123 Å². The SMILES string of the molecule is CC(=O)O.CSCCC(NC(=O)C(CO)NC(=O)C(Cc1ccc(O)cc1)NC(=O)C(N)CO)C(=O)NC(CCC(=O)O)C(=O)NC(Cc1c[nH]cn1)C(=O)NC(Cc1ccccc1)C(=O)NC(CCCNC(=N)N)C(=O)NC(Cc1c[nH]c2ccccc12)C(=O)NCC(=O)NC(CCCCN)C(=O)N1CCCC1C(=O)NC(C(=O)NCC(=O)O)C(C)C. The minimum Gasteiger partial charge on any atom is -0.508 e. The number of fused-ring (bicyclic) bond motifs is 1. The fraction of sp³-hybridized carbons (Fsp3) is 0.494. The van der Waals surface area contributed by atoms with E-state index in [-0.39, 0.29) is 88.2 Å². The number of hydrogen-bond acceptors (Lipinski definition) is 24. The quantitative estimate of drug-likeness (QED) is 0.00986. The molecule has 44 heteroatoms. The number of guanidine groups is 1. The van der Waals surface area contributed by atoms with Gasteiger partial charge in [-0.1, -0.05) is 74.5 Å². The molecule has 1 saturated heterocycles. The summed E-state index contributed by atoms with van der Waals surface area (Å²) in [6, 6.07) is 2.80. The molecule has 2 aromatic heterocycles. The third-order valence-corrected chi connectivity index (χ3v) is 19.9. The average molecular weight is 1740 g/mol. The summed E-state index contributed by atoms with van der Waals surface area (Å²) in [6.45, 7) is 1.36. The molecule has 5 aromatic rings. The summed E-state index contributed by atoms with van der Waals surface area (Å²) < 4.78 is 0. The second-order valence-corrected chi connectivity index (χ2v) is 30.2. The lowest BCUT2D eigenvalue weighted by Crippen LogP contribution is -2.61. The second kappa shape index (κ2) is 52.4. The summed E-state index contributed by atoms with van der Waals surface area (Å²) in [4.78, 5) is 229. The monoisotopic (exact) mass is 1740 g/mol. The van der Waals surface area contributed by atoms with Crippen LogP contribution in [0.5, 0.6) is 5.75 Å². The van der Waals surface area contributed by atoms with Crippen LogP contribution in [0.4, 0.5) is 0 Å². The van der Waals surface area contributed by atoms with E-state index in [1.165, 1.54) is 53.5 Å². The van der Waals surface area contributed by atoms with Gasteiger partial charge in [0.25, 0.3) is 5.97 Å². The van der Waals surface area contributed by atoms with Crippen LogP contribution in [-0.4, -0.2) is 282 Å². The van der Waals surface area contributed by atoms with Gasteiger partial charge in [-0.05, 0) is 117 Å². The van der Waals surface area contributed by atoms with Gasteiger partial charge in [-0.2, -0.15) is 11.8 Å². The number of likely N-dealkylation sites (tertiary alicyclic amines) is 1. The van der Waals surface area contributed by atoms with Crippen LogP contribution in [0.1, 0.15) is 107 Å². The normalized spacial score (nSPS) is 14.9. The molecule has 0 aliphatic carbocycles. The molecule has 12 atom stereocenters. The van der Waals surface area contributed by atoms with Crippen LogP contribution in [-0.2, 0) is 102 Å². The first-order valence-electron chi connectivity index (χ1n) is 39.7. The number of aliphatic hydroxyl groups excluding tert-OH is 2. The average Bonchev–Trinajstić information content (AvgIpc) is 1.73. The molecule has 43 nitrogen and oxygen atoms in total. The van der Waals surface area contributed by atoms with Gasteiger partial charge in [0.15, 0.2) is 5.96 Å². The molecule has 1 aliphatic heterocycles. The van der Waals surface area contributed by atoms with Crippen LogP contribution in [0.2, 0.25) is 0 Å². The topological polar surface area (TPSA) is 701 Å². The number of carbonyl (C=O) groups excluding carboxylic acids is 13. The summed E-state index contributed by atoms with van der Waals surface area (Å²) in [7, 11) is 0. The highest BCUT2D eigenvalue weighted by Gasteiger charge is 2.41. The summed E-state index contributed by atoms with van der Waals surface area (Å²) in [6.07, 6.45) is 4.47. The van der Waals surface area contributed by atoms with Gasteiger partial charge < -0.3 is 132 Å². The smallest absolute Gasteiger partial charge is 0.322 e. The number of aromatic hydroxyl groups is 1. The van der Waals surface area contributed by atoms with Crippen molar-refractivity contribution in [3.05, 3.63) is 120 Å². The number of H-pyrrole nitrogens is 2. The second-order valence-electron chi connectivity index (χ2n) is 29.2. The Labute approximate surface area is 711 Å². The lowest BCUT2D eigenvalue weighted by atomic mass is 10.0. The van der Waals surface area contributed by atoms with Gasteiger partial charge in [0.05, 0.1) is 31.8 Å². The molecule has 3 aromatic carbocycles. The molecular formula is C79H113N21O22S. The number of rotatable bonds is 51. The first-order valence-corrected chi connectivity index (χ1v) is 41.1. The number of benzene rings is 3. The number of nitrogens with zero attached hydrogens (tertiary/aromatic N) is 2. The van der Waals surface area contributed by atoms with E-state index in [0.717, 1.165) is 6.92 Å². The van der Waals surface area contributed by atoms with E-state index in [9.17, 15) is 78.0 Å². The van der Waals surface area contributed by atoms with E-state index in [1.54, 1.807) is 80.9 Å². The summed E-state index contributed by atoms with van der Waals surface area (Å²) in [5.41, 5.74) is 19.4. The zero-order valence-corrected chi connectivity index (χ0v) is 69.4. The summed E-state index contributed by atoms with van der Waals surface area (Å²) in [5, 5.41) is 97.9. The Hall–Kier alpha value is -12.8. The number of nitrogens with one attached hydrogen (secondary N) is 16. The summed E-state index contributed by atoms with van der Waals surface area (Å²) >= 11 is 1.24. The van der Waals surface area contributed by atoms with Gasteiger partial charge in [-0.25, -0.2) is 4.98 Å². The van der Waals surface area contributed by atoms with E-state index in [2.05, 4.69) is 84.1 Å². The number of amides is 13. The largest absolute Gasteiger partial charge is 0.508 e. The van der Waals surface area contributed by atoms with Crippen molar-refractivity contribution in [3.63, 3.8) is 0 Å². The summed E-state index contributed by atoms with van der Waals surface area (Å²) in [5.74, 6) is -16.6. The first-order chi connectivity index (χ1) is 58.6. The van der Waals surface area contributed by atoms with Gasteiger partial charge in [0, 0.05) is 75.4 Å². The number of aromatic amines is 2. The Bertz CT molecular complexity index is 4380. The van der Waals surface area contributed by atoms with Gasteiger partial charge in [0.1, 0.15) is 84.8 Å². The number of carbonyl (C=O) groups is 16. The molecule has 0 saturated carbocycles. The number of hydrogen-bond donors (Lipinski definition) is 25. The molecule has 12 unspecified atom stereocenters. The van der Waals surface area contributed by atoms with Crippen molar-refractivity contribution in [2.24, 2.45) is 23.1 Å². The van der Waals surface area contributed by atoms with Crippen molar-refractivity contribution in [2.45, 2.75) is 183 Å². The lowest BCUT2D eigenvalue weighted by molar-refractivity contribution is -0.142. The number of nitrogens with two attached hydrogens (primary N) is 3. The highest BCUT2D eigenvalue weighted by atomic mass is 32.2. The third kappa shape index (κ3) is 35.1. The van der Waals surface area contributed by atoms with Crippen molar-refractivity contribution in [1.82, 2.24) is 89.0 Å². The number of phenols is 1. The standard InChI is InChI=1S/C77H109N21O20S.C2H4O2/c1-42(2)64(75(117)86-38-63(105)106)97-74(116)60-19-12-29-98(60)76(118)54(17-9-10-27-78)88-61(102)37-85-66(108)57(33-45-35-84-50-16-8-7-15-48(45)50)94-67(109)51(18-11-28-83-77(80)81)89-70(112)56(31-43-13-5-4-6-14-43)93-72(114)58(34-46-36-82-41-87-46)95-68(110)52(24-25-62(103)104)90-69(111)53(26-30-119-3)91-73(115)59(40-100)96-71(113)55(92-65(107)49(79)39-99)32-44-20-22-47(101)23-21-44;1-2(3)4/h4-8,13-16,20-23,35-36,41-42,49,51-60,64,84,99-101H,9-12,17-19,24-34,37-40,78-79H2,1-3H3,(H,82,87)(H,85,108)(H,86,117)(H,88,102)(H,89,112)(H,90,111)(H,91,115)(H,92,107)(H,93,114)(H,94,109)(H,95,110)(H,96,113)(H,97,116)(H,103,104)(H,105,106)(H4,80,81,83);1H3,(H,3,4). The number of phenolic OH excluding ortho intramolecular Hbond substituents is 1. The number of aromatic nitrogens is 3. The van der Waals surface area contributed by atoms with Crippen molar-refractivity contribution in [1.29, 1.82) is 5.41 Å². The van der Waals surface area contributed by atoms with Crippen molar-refractivity contribution in [2.75, 3.05) is 57.9 Å². The lowest BCUT2D eigenvalue weighted by Gasteiger charge is -2.30. The molecule has 3 heterocycles. The highest BCUT2D eigenvalue weighted by molar-refractivity contribution is 7.98. The molecule has 28 N–H and O–H groups in total. The first kappa shape index (κ1) is 101. The number of unbranched alkanes of at least 4 members (excludes halogenated alkanes) is 1. The van der Waals surface area contributed by atoms with Crippen LogP contribution < -0.4 is 86.3 Å². The Kier molecular flexibility index (Phi) is 42.9. The van der Waals surface area contributed by atoms with Crippen LogP contribution in [0, 0.1) is 11.3 Å². The van der Waals surface area contributed by atoms with Crippen molar-refractivity contribution < 1.29 is 107 Å². The molecule has 0 radical (unpaired) electrons. The van der Waals surface area contributed by atoms with E-state index >= 15 is 14.4 Å². The van der Waals surface area contributed by atoms with Crippen molar-refractivity contribution in [3.8, 4) is 5.75 Å². The van der Waals surface area contributed by atoms with Gasteiger partial charge in [0.2, 0.25) is 76.8 Å². The van der Waals surface area contributed by atoms with Gasteiger partial charge >= 0.3 is 11.9 Å². The Balaban J connectivity index is 0.00000657. The fourth-order valence-corrected chi connectivity index (χ4v) is 13.3. The van der Waals surface area contributed by atoms with E-state index < -0.39 is 225 Å². The number of aliphatic hydroxyl groups is 2. The van der Waals surface area contributed by atoms with Gasteiger partial charge in [-0.3, -0.25) is 82.1 Å². The van der Waals surface area contributed by atoms with Crippen LogP contribution >= 0.6 is 11.8 Å². The molecule has 672 valence electrons. The Morgan fingerprint density at radius 1 is 0.561 bits per heavy atom. The number of thioether (sulfide) groups is 1. The number of imidazole rings is 1. The van der Waals surface area contributed by atoms with E-state index in [1.807, 2.05) is 0 Å². The third-order valence-electron chi connectivity index (χ3n) is 19.3. The fourth-order valence-electron chi connectivity index (χ4n) is 12.8. The van der Waals surface area contributed by atoms with Gasteiger partial charge in [-0.15, -0.1) is 0 Å². The predicted octanol–water partition coefficient (Wildman–Crippen LogP) is -4.91. The van der Waals surface area contributed by atoms with Crippen LogP contribution in [0.3, 0.4) is 0 Å². The molecule has 1 fully saturated rings. The maximum Gasteiger partial charge on any atom is 0.322 e. The van der Waals surface area contributed by atoms with Crippen LogP contribution in [0.25, 0.3) is 10.9 Å². The zero-order chi connectivity index (χ0) is 90.8. The Morgan fingerprint density at radius 2 is 1.08 bits per heavy atom. The number of carboxylic acid groups (broad SMARTS) is 3. The molecule has 123 heavy (non-hydrogen) atoms. The maximum atomic E-state index is 15.2. The number of carboxylic acids is 3. The molecule has 6 rings (SSSR count).